The van der Waals surface area contributed by atoms with Crippen molar-refractivity contribution < 1.29 is 18.7 Å². The molecular weight excluding hydrogens is 320 g/mol. The fraction of sp³-hybridized carbons (Fsp3) is 0.312. The molecule has 0 radical (unpaired) electrons. The van der Waals surface area contributed by atoms with Crippen LogP contribution in [-0.2, 0) is 17.8 Å². The molecule has 1 aliphatic heterocycles. The van der Waals surface area contributed by atoms with E-state index >= 15 is 0 Å². The summed E-state index contributed by atoms with van der Waals surface area (Å²) in [5, 5.41) is 12.0. The minimum absolute atomic E-state index is 0.0935. The number of carbonyl (C=O) groups is 1. The number of alkyl halides is 2. The maximum atomic E-state index is 12.7. The van der Waals surface area contributed by atoms with Crippen LogP contribution in [0.3, 0.4) is 0 Å². The number of hydrogen-bond acceptors (Lipinski definition) is 4. The van der Waals surface area contributed by atoms with Gasteiger partial charge in [-0.25, -0.2) is 18.6 Å². The lowest BCUT2D eigenvalue weighted by Crippen LogP contribution is -2.30. The Labute approximate surface area is 135 Å². The number of aliphatic carboxylic acids is 1. The lowest BCUT2D eigenvalue weighted by molar-refractivity contribution is -0.140. The topological polar surface area (TPSA) is 84.2 Å². The van der Waals surface area contributed by atoms with Gasteiger partial charge in [-0.3, -0.25) is 9.36 Å². The molecule has 0 saturated heterocycles. The Bertz CT molecular complexity index is 836. The first-order valence-corrected chi connectivity index (χ1v) is 7.41. The van der Waals surface area contributed by atoms with Crippen molar-refractivity contribution in [1.82, 2.24) is 9.55 Å². The lowest BCUT2D eigenvalue weighted by Gasteiger charge is -2.12. The highest BCUT2D eigenvalue weighted by Gasteiger charge is 2.30. The molecule has 0 aliphatic carbocycles. The van der Waals surface area contributed by atoms with E-state index < -0.39 is 24.0 Å². The Hall–Kier alpha value is -2.77. The number of carboxylic acid groups (broad SMARTS) is 1. The second kappa shape index (κ2) is 6.38. The molecule has 1 atom stereocenters. The number of benzene rings is 1. The van der Waals surface area contributed by atoms with Gasteiger partial charge in [0.2, 0.25) is 0 Å². The molecule has 8 heteroatoms. The van der Waals surface area contributed by atoms with E-state index in [0.717, 1.165) is 0 Å². The Kier molecular flexibility index (Phi) is 4.28. The average molecular weight is 335 g/mol. The molecule has 0 spiro atoms. The van der Waals surface area contributed by atoms with Gasteiger partial charge in [0, 0.05) is 18.5 Å². The highest BCUT2D eigenvalue weighted by Crippen LogP contribution is 2.23. The van der Waals surface area contributed by atoms with Crippen molar-refractivity contribution in [2.75, 3.05) is 5.32 Å². The summed E-state index contributed by atoms with van der Waals surface area (Å²) < 4.78 is 26.6. The van der Waals surface area contributed by atoms with E-state index in [4.69, 9.17) is 0 Å². The number of carboxylic acids is 1. The minimum atomic E-state index is -2.56. The zero-order valence-electron chi connectivity index (χ0n) is 12.6. The second-order valence-corrected chi connectivity index (χ2v) is 5.56. The van der Waals surface area contributed by atoms with Crippen LogP contribution in [0.15, 0.2) is 35.3 Å². The van der Waals surface area contributed by atoms with Crippen molar-refractivity contribution in [3.05, 3.63) is 57.8 Å². The van der Waals surface area contributed by atoms with Crippen molar-refractivity contribution >= 4 is 11.7 Å². The Morgan fingerprint density at radius 2 is 2.25 bits per heavy atom. The van der Waals surface area contributed by atoms with Gasteiger partial charge in [-0.1, -0.05) is 18.2 Å². The SMILES string of the molecule is O=C(O)[C@@H]1CCc2ncc(NCc3cccc(C(F)F)c3)c(=O)n21. The van der Waals surface area contributed by atoms with E-state index in [-0.39, 0.29) is 17.8 Å². The average Bonchev–Trinajstić information content (AvgIpc) is 2.99. The summed E-state index contributed by atoms with van der Waals surface area (Å²) in [5.74, 6) is -0.628. The Balaban J connectivity index is 1.82. The highest BCUT2D eigenvalue weighted by molar-refractivity contribution is 5.72. The van der Waals surface area contributed by atoms with Gasteiger partial charge in [-0.15, -0.1) is 0 Å². The summed E-state index contributed by atoms with van der Waals surface area (Å²) in [7, 11) is 0. The molecule has 1 aromatic carbocycles. The van der Waals surface area contributed by atoms with Crippen molar-refractivity contribution in [3.63, 3.8) is 0 Å². The van der Waals surface area contributed by atoms with E-state index in [1.54, 1.807) is 6.07 Å². The third-order valence-corrected chi connectivity index (χ3v) is 3.99. The molecule has 2 aromatic rings. The van der Waals surface area contributed by atoms with Gasteiger partial charge in [-0.2, -0.15) is 0 Å². The zero-order valence-corrected chi connectivity index (χ0v) is 12.6. The fourth-order valence-corrected chi connectivity index (χ4v) is 2.80. The summed E-state index contributed by atoms with van der Waals surface area (Å²) in [5.41, 5.74) is 0.181. The quantitative estimate of drug-likeness (QED) is 0.876. The second-order valence-electron chi connectivity index (χ2n) is 5.56. The zero-order chi connectivity index (χ0) is 17.3. The van der Waals surface area contributed by atoms with Crippen LogP contribution in [0.2, 0.25) is 0 Å². The van der Waals surface area contributed by atoms with Gasteiger partial charge >= 0.3 is 5.97 Å². The number of anilines is 1. The molecule has 1 aliphatic rings. The third kappa shape index (κ3) is 2.99. The summed E-state index contributed by atoms with van der Waals surface area (Å²) in [4.78, 5) is 27.8. The molecule has 0 bridgehead atoms. The van der Waals surface area contributed by atoms with Gasteiger partial charge in [-0.05, 0) is 18.1 Å². The fourth-order valence-electron chi connectivity index (χ4n) is 2.80. The number of fused-ring (bicyclic) bond motifs is 1. The standard InChI is InChI=1S/C16H15F2N3O3/c17-14(18)10-3-1-2-9(6-10)7-19-11-8-20-13-5-4-12(16(23)24)21(13)15(11)22/h1-3,6,8,12,14,19H,4-5,7H2,(H,23,24)/t12-/m0/s1. The van der Waals surface area contributed by atoms with Crippen LogP contribution in [0.5, 0.6) is 0 Å². The molecule has 0 unspecified atom stereocenters. The molecule has 3 rings (SSSR count). The van der Waals surface area contributed by atoms with Crippen LogP contribution in [0, 0.1) is 0 Å². The Morgan fingerprint density at radius 1 is 1.46 bits per heavy atom. The molecule has 2 heterocycles. The van der Waals surface area contributed by atoms with Crippen molar-refractivity contribution in [2.24, 2.45) is 0 Å². The molecule has 0 amide bonds. The first kappa shape index (κ1) is 16.1. The van der Waals surface area contributed by atoms with Crippen LogP contribution in [0.4, 0.5) is 14.5 Å². The van der Waals surface area contributed by atoms with Crippen molar-refractivity contribution in [1.29, 1.82) is 0 Å². The molecule has 126 valence electrons. The molecule has 6 nitrogen and oxygen atoms in total. The van der Waals surface area contributed by atoms with Gasteiger partial charge in [0.05, 0.1) is 6.20 Å². The van der Waals surface area contributed by atoms with E-state index in [9.17, 15) is 23.5 Å². The number of halogens is 2. The van der Waals surface area contributed by atoms with Gasteiger partial charge in [0.25, 0.3) is 12.0 Å². The van der Waals surface area contributed by atoms with Crippen molar-refractivity contribution in [3.8, 4) is 0 Å². The summed E-state index contributed by atoms with van der Waals surface area (Å²) in [6.07, 6.45) is -0.441. The van der Waals surface area contributed by atoms with E-state index in [1.807, 2.05) is 0 Å². The molecular formula is C16H15F2N3O3. The molecule has 0 fully saturated rings. The number of rotatable bonds is 5. The predicted molar refractivity (Wildman–Crippen MR) is 82.2 cm³/mol. The first-order valence-electron chi connectivity index (χ1n) is 7.41. The summed E-state index contributed by atoms with van der Waals surface area (Å²) >= 11 is 0. The van der Waals surface area contributed by atoms with Gasteiger partial charge in [0.15, 0.2) is 0 Å². The molecule has 24 heavy (non-hydrogen) atoms. The van der Waals surface area contributed by atoms with Gasteiger partial charge < -0.3 is 10.4 Å². The van der Waals surface area contributed by atoms with Crippen LogP contribution >= 0.6 is 0 Å². The van der Waals surface area contributed by atoms with Crippen LogP contribution in [-0.4, -0.2) is 20.6 Å². The maximum Gasteiger partial charge on any atom is 0.326 e. The third-order valence-electron chi connectivity index (χ3n) is 3.99. The molecule has 2 N–H and O–H groups in total. The molecule has 0 saturated carbocycles. The number of aryl methyl sites for hydroxylation is 1. The number of hydrogen-bond donors (Lipinski definition) is 2. The van der Waals surface area contributed by atoms with E-state index in [1.165, 1.54) is 29.0 Å². The van der Waals surface area contributed by atoms with Crippen LogP contribution in [0.25, 0.3) is 0 Å². The van der Waals surface area contributed by atoms with Crippen LogP contribution in [0.1, 0.15) is 35.8 Å². The van der Waals surface area contributed by atoms with Crippen LogP contribution < -0.4 is 10.9 Å². The summed E-state index contributed by atoms with van der Waals surface area (Å²) in [6, 6.07) is 4.96. The maximum absolute atomic E-state index is 12.7. The predicted octanol–water partition coefficient (Wildman–Crippen LogP) is 2.36. The number of aromatic nitrogens is 2. The smallest absolute Gasteiger partial charge is 0.326 e. The van der Waals surface area contributed by atoms with E-state index in [0.29, 0.717) is 24.2 Å². The first-order chi connectivity index (χ1) is 11.5. The largest absolute Gasteiger partial charge is 0.480 e. The highest BCUT2D eigenvalue weighted by atomic mass is 19.3. The lowest BCUT2D eigenvalue weighted by atomic mass is 10.1. The number of nitrogens with one attached hydrogen (secondary N) is 1. The summed E-state index contributed by atoms with van der Waals surface area (Å²) in [6.45, 7) is 0.161. The van der Waals surface area contributed by atoms with Crippen molar-refractivity contribution in [2.45, 2.75) is 31.9 Å². The van der Waals surface area contributed by atoms with Gasteiger partial charge in [0.1, 0.15) is 17.6 Å². The monoisotopic (exact) mass is 335 g/mol. The normalized spacial score (nSPS) is 16.2. The number of nitrogens with zero attached hydrogens (tertiary/aromatic N) is 2. The Morgan fingerprint density at radius 3 is 2.96 bits per heavy atom. The minimum Gasteiger partial charge on any atom is -0.480 e. The molecule has 1 aromatic heterocycles. The van der Waals surface area contributed by atoms with E-state index in [2.05, 4.69) is 10.3 Å².